The van der Waals surface area contributed by atoms with Crippen molar-refractivity contribution in [3.05, 3.63) is 65.2 Å². The van der Waals surface area contributed by atoms with Gasteiger partial charge in [0.15, 0.2) is 11.6 Å². The van der Waals surface area contributed by atoms with Crippen LogP contribution >= 0.6 is 0 Å². The van der Waals surface area contributed by atoms with Crippen LogP contribution in [0.5, 0.6) is 0 Å². The molecule has 0 bridgehead atoms. The summed E-state index contributed by atoms with van der Waals surface area (Å²) in [7, 11) is 0. The molecule has 0 aromatic heterocycles. The van der Waals surface area contributed by atoms with Crippen LogP contribution in [0, 0.1) is 11.6 Å². The predicted molar refractivity (Wildman–Crippen MR) is 82.0 cm³/mol. The van der Waals surface area contributed by atoms with Gasteiger partial charge in [-0.2, -0.15) is 0 Å². The fraction of sp³-hybridized carbons (Fsp3) is 0.294. The Morgan fingerprint density at radius 3 is 2.33 bits per heavy atom. The van der Waals surface area contributed by atoms with E-state index in [-0.39, 0.29) is 17.8 Å². The van der Waals surface area contributed by atoms with E-state index in [4.69, 9.17) is 5.73 Å². The van der Waals surface area contributed by atoms with Crippen molar-refractivity contribution < 1.29 is 8.78 Å². The maximum Gasteiger partial charge on any atom is 0.182 e. The highest BCUT2D eigenvalue weighted by Gasteiger charge is 2.17. The first-order valence-electron chi connectivity index (χ1n) is 7.13. The van der Waals surface area contributed by atoms with Gasteiger partial charge >= 0.3 is 0 Å². The lowest BCUT2D eigenvalue weighted by atomic mass is 10.1. The summed E-state index contributed by atoms with van der Waals surface area (Å²) in [5.74, 6) is -1.66. The SMILES string of the molecule is CCCN(Cc1ccccc1)c1ccc(CN)c(F)c1F. The van der Waals surface area contributed by atoms with Crippen LogP contribution in [-0.2, 0) is 13.1 Å². The van der Waals surface area contributed by atoms with Crippen LogP contribution in [0.1, 0.15) is 24.5 Å². The molecule has 2 N–H and O–H groups in total. The van der Waals surface area contributed by atoms with Crippen molar-refractivity contribution >= 4 is 5.69 Å². The second-order valence-corrected chi connectivity index (χ2v) is 4.98. The standard InChI is InChI=1S/C17H20F2N2/c1-2-10-21(12-13-6-4-3-5-7-13)15-9-8-14(11-20)16(18)17(15)19/h3-9H,2,10-12,20H2,1H3. The zero-order valence-electron chi connectivity index (χ0n) is 12.2. The number of benzene rings is 2. The molecular formula is C17H20F2N2. The van der Waals surface area contributed by atoms with E-state index in [0.717, 1.165) is 12.0 Å². The lowest BCUT2D eigenvalue weighted by molar-refractivity contribution is 0.496. The summed E-state index contributed by atoms with van der Waals surface area (Å²) in [6.07, 6.45) is 0.854. The molecule has 0 radical (unpaired) electrons. The van der Waals surface area contributed by atoms with Crippen LogP contribution in [0.4, 0.5) is 14.5 Å². The summed E-state index contributed by atoms with van der Waals surface area (Å²) < 4.78 is 28.2. The Morgan fingerprint density at radius 2 is 1.71 bits per heavy atom. The highest BCUT2D eigenvalue weighted by Crippen LogP contribution is 2.25. The summed E-state index contributed by atoms with van der Waals surface area (Å²) >= 11 is 0. The molecule has 0 unspecified atom stereocenters. The summed E-state index contributed by atoms with van der Waals surface area (Å²) in [6, 6.07) is 12.9. The van der Waals surface area contributed by atoms with Crippen molar-refractivity contribution in [1.29, 1.82) is 0 Å². The maximum atomic E-state index is 14.3. The lowest BCUT2D eigenvalue weighted by Crippen LogP contribution is -2.25. The van der Waals surface area contributed by atoms with Crippen molar-refractivity contribution in [2.75, 3.05) is 11.4 Å². The summed E-state index contributed by atoms with van der Waals surface area (Å²) in [5, 5.41) is 0. The van der Waals surface area contributed by atoms with Crippen molar-refractivity contribution in [2.45, 2.75) is 26.4 Å². The van der Waals surface area contributed by atoms with Gasteiger partial charge in [0.1, 0.15) is 0 Å². The molecule has 0 atom stereocenters. The highest BCUT2D eigenvalue weighted by atomic mass is 19.2. The Bertz CT molecular complexity index is 585. The van der Waals surface area contributed by atoms with Crippen molar-refractivity contribution in [3.63, 3.8) is 0 Å². The van der Waals surface area contributed by atoms with Crippen LogP contribution in [-0.4, -0.2) is 6.54 Å². The quantitative estimate of drug-likeness (QED) is 0.876. The second-order valence-electron chi connectivity index (χ2n) is 4.98. The van der Waals surface area contributed by atoms with Gasteiger partial charge in [-0.3, -0.25) is 0 Å². The molecule has 0 aliphatic rings. The number of rotatable bonds is 6. The van der Waals surface area contributed by atoms with Gasteiger partial charge in [0.25, 0.3) is 0 Å². The van der Waals surface area contributed by atoms with Crippen LogP contribution in [0.25, 0.3) is 0 Å². The maximum absolute atomic E-state index is 14.3. The largest absolute Gasteiger partial charge is 0.365 e. The molecule has 4 heteroatoms. The van der Waals surface area contributed by atoms with Crippen molar-refractivity contribution in [1.82, 2.24) is 0 Å². The molecule has 2 rings (SSSR count). The van der Waals surface area contributed by atoms with Gasteiger partial charge in [-0.15, -0.1) is 0 Å². The monoisotopic (exact) mass is 290 g/mol. The molecule has 0 aliphatic heterocycles. The molecule has 0 spiro atoms. The van der Waals surface area contributed by atoms with Gasteiger partial charge in [0, 0.05) is 25.2 Å². The second kappa shape index (κ2) is 7.18. The number of hydrogen-bond acceptors (Lipinski definition) is 2. The first kappa shape index (κ1) is 15.4. The third-order valence-corrected chi connectivity index (χ3v) is 3.41. The molecule has 2 aromatic rings. The third kappa shape index (κ3) is 3.58. The zero-order chi connectivity index (χ0) is 15.2. The predicted octanol–water partition coefficient (Wildman–Crippen LogP) is 3.84. The number of anilines is 1. The Kier molecular flexibility index (Phi) is 5.28. The van der Waals surface area contributed by atoms with E-state index in [0.29, 0.717) is 13.1 Å². The molecule has 2 nitrogen and oxygen atoms in total. The molecule has 0 aliphatic carbocycles. The smallest absolute Gasteiger partial charge is 0.182 e. The van der Waals surface area contributed by atoms with Crippen molar-refractivity contribution in [2.24, 2.45) is 5.73 Å². The van der Waals surface area contributed by atoms with Gasteiger partial charge < -0.3 is 10.6 Å². The number of nitrogens with zero attached hydrogens (tertiary/aromatic N) is 1. The van der Waals surface area contributed by atoms with E-state index in [1.54, 1.807) is 12.1 Å². The Labute approximate surface area is 124 Å². The van der Waals surface area contributed by atoms with E-state index in [1.807, 2.05) is 42.2 Å². The number of halogens is 2. The normalized spacial score (nSPS) is 10.7. The third-order valence-electron chi connectivity index (χ3n) is 3.41. The van der Waals surface area contributed by atoms with Crippen LogP contribution in [0.15, 0.2) is 42.5 Å². The van der Waals surface area contributed by atoms with E-state index >= 15 is 0 Å². The minimum atomic E-state index is -0.843. The highest BCUT2D eigenvalue weighted by molar-refractivity contribution is 5.50. The van der Waals surface area contributed by atoms with Gasteiger partial charge in [0.2, 0.25) is 0 Å². The molecule has 2 aromatic carbocycles. The fourth-order valence-corrected chi connectivity index (χ4v) is 2.34. The minimum absolute atomic E-state index is 0.00447. The van der Waals surface area contributed by atoms with E-state index in [9.17, 15) is 8.78 Å². The Hall–Kier alpha value is -1.94. The average molecular weight is 290 g/mol. The average Bonchev–Trinajstić information content (AvgIpc) is 2.51. The number of nitrogens with two attached hydrogens (primary N) is 1. The molecule has 0 saturated heterocycles. The van der Waals surface area contributed by atoms with Gasteiger partial charge in [-0.1, -0.05) is 43.3 Å². The van der Waals surface area contributed by atoms with Gasteiger partial charge in [-0.25, -0.2) is 8.78 Å². The van der Waals surface area contributed by atoms with Crippen molar-refractivity contribution in [3.8, 4) is 0 Å². The molecule has 0 amide bonds. The first-order chi connectivity index (χ1) is 10.2. The topological polar surface area (TPSA) is 29.3 Å². The van der Waals surface area contributed by atoms with Crippen LogP contribution in [0.2, 0.25) is 0 Å². The van der Waals surface area contributed by atoms with Gasteiger partial charge in [-0.05, 0) is 18.1 Å². The lowest BCUT2D eigenvalue weighted by Gasteiger charge is -2.25. The summed E-state index contributed by atoms with van der Waals surface area (Å²) in [4.78, 5) is 1.86. The number of hydrogen-bond donors (Lipinski definition) is 1. The Balaban J connectivity index is 2.32. The summed E-state index contributed by atoms with van der Waals surface area (Å²) in [5.41, 5.74) is 6.96. The van der Waals surface area contributed by atoms with Gasteiger partial charge in [0.05, 0.1) is 5.69 Å². The van der Waals surface area contributed by atoms with E-state index in [1.165, 1.54) is 0 Å². The molecular weight excluding hydrogens is 270 g/mol. The molecule has 0 saturated carbocycles. The molecule has 112 valence electrons. The first-order valence-corrected chi connectivity index (χ1v) is 7.13. The van der Waals surface area contributed by atoms with E-state index in [2.05, 4.69) is 0 Å². The summed E-state index contributed by atoms with van der Waals surface area (Å²) in [6.45, 7) is 3.22. The van der Waals surface area contributed by atoms with E-state index < -0.39 is 11.6 Å². The molecule has 21 heavy (non-hydrogen) atoms. The Morgan fingerprint density at radius 1 is 1.00 bits per heavy atom. The molecule has 0 heterocycles. The minimum Gasteiger partial charge on any atom is -0.365 e. The van der Waals surface area contributed by atoms with Crippen LogP contribution in [0.3, 0.4) is 0 Å². The fourth-order valence-electron chi connectivity index (χ4n) is 2.34. The molecule has 0 fully saturated rings. The zero-order valence-corrected chi connectivity index (χ0v) is 12.2. The van der Waals surface area contributed by atoms with Crippen LogP contribution < -0.4 is 10.6 Å².